The molecule has 2 N–H and O–H groups in total. The number of hydrogen-bond acceptors (Lipinski definition) is 7. The van der Waals surface area contributed by atoms with Gasteiger partial charge in [-0.25, -0.2) is 18.9 Å². The van der Waals surface area contributed by atoms with Gasteiger partial charge in [0.05, 0.1) is 24.6 Å². The van der Waals surface area contributed by atoms with Crippen LogP contribution in [0.25, 0.3) is 5.65 Å². The van der Waals surface area contributed by atoms with Crippen molar-refractivity contribution in [1.82, 2.24) is 40.4 Å². The smallest absolute Gasteiger partial charge is 0.317 e. The van der Waals surface area contributed by atoms with Crippen molar-refractivity contribution in [2.24, 2.45) is 5.41 Å². The van der Waals surface area contributed by atoms with E-state index < -0.39 is 0 Å². The van der Waals surface area contributed by atoms with Gasteiger partial charge in [-0.2, -0.15) is 5.10 Å². The van der Waals surface area contributed by atoms with Crippen LogP contribution in [-0.2, 0) is 13.1 Å². The highest BCUT2D eigenvalue weighted by molar-refractivity contribution is 5.92. The summed E-state index contributed by atoms with van der Waals surface area (Å²) in [6.07, 6.45) is 3.46. The Bertz CT molecular complexity index is 1070. The van der Waals surface area contributed by atoms with Gasteiger partial charge in [-0.3, -0.25) is 4.79 Å². The fourth-order valence-electron chi connectivity index (χ4n) is 3.25. The highest BCUT2D eigenvalue weighted by atomic mass is 16.6. The maximum absolute atomic E-state index is 12.1. The molecule has 29 heavy (non-hydrogen) atoms. The predicted molar refractivity (Wildman–Crippen MR) is 101 cm³/mol. The van der Waals surface area contributed by atoms with Crippen LogP contribution in [0.5, 0.6) is 0 Å². The van der Waals surface area contributed by atoms with Crippen molar-refractivity contribution < 1.29 is 14.2 Å². The van der Waals surface area contributed by atoms with Crippen LogP contribution >= 0.6 is 0 Å². The number of hydrogen-bond donors (Lipinski definition) is 2. The van der Waals surface area contributed by atoms with E-state index in [1.807, 2.05) is 6.07 Å². The number of urea groups is 1. The molecule has 3 aromatic rings. The fourth-order valence-corrected chi connectivity index (χ4v) is 3.25. The van der Waals surface area contributed by atoms with Gasteiger partial charge in [0, 0.05) is 19.6 Å². The number of imidazole rings is 1. The first-order valence-electron chi connectivity index (χ1n) is 9.24. The summed E-state index contributed by atoms with van der Waals surface area (Å²) in [5.74, 6) is -0.381. The molecule has 1 fully saturated rings. The number of aromatic nitrogens is 5. The van der Waals surface area contributed by atoms with Crippen LogP contribution in [0, 0.1) is 12.3 Å². The molecule has 4 rings (SSSR count). The van der Waals surface area contributed by atoms with Crippen LogP contribution in [0.1, 0.15) is 41.3 Å². The molecule has 0 aromatic carbocycles. The average Bonchev–Trinajstić information content (AvgIpc) is 3.28. The zero-order chi connectivity index (χ0) is 20.6. The third-order valence-electron chi connectivity index (χ3n) is 4.72. The summed E-state index contributed by atoms with van der Waals surface area (Å²) in [5.41, 5.74) is 2.76. The number of carbonyl (C=O) groups is 2. The summed E-state index contributed by atoms with van der Waals surface area (Å²) in [6.45, 7) is 7.89. The van der Waals surface area contributed by atoms with E-state index in [4.69, 9.17) is 0 Å². The summed E-state index contributed by atoms with van der Waals surface area (Å²) in [7, 11) is 0. The summed E-state index contributed by atoms with van der Waals surface area (Å²) in [5, 5.41) is 17.2. The Balaban J connectivity index is 1.44. The molecule has 0 saturated carbocycles. The lowest BCUT2D eigenvalue weighted by molar-refractivity contribution is 0.0940. The van der Waals surface area contributed by atoms with Crippen LogP contribution in [-0.4, -0.2) is 54.8 Å². The monoisotopic (exact) mass is 398 g/mol. The van der Waals surface area contributed by atoms with Crippen molar-refractivity contribution >= 4 is 17.6 Å². The third kappa shape index (κ3) is 4.03. The molecule has 152 valence electrons. The molecule has 3 aromatic heterocycles. The number of aryl methyl sites for hydroxylation is 1. The standard InChI is InChI=1S/C18H22N8O3/c1-11-15(24-29-23-11)16(27)19-6-13-8-26-14(22-13)4-12(5-21-26)7-25-10-18(2,3)9-20-17(25)28/h4-5,8H,6-7,9-10H2,1-3H3,(H,19,27)(H,20,28). The lowest BCUT2D eigenvalue weighted by Crippen LogP contribution is -2.54. The second-order valence-corrected chi connectivity index (χ2v) is 7.96. The zero-order valence-electron chi connectivity index (χ0n) is 16.5. The highest BCUT2D eigenvalue weighted by Crippen LogP contribution is 2.21. The minimum Gasteiger partial charge on any atom is -0.345 e. The number of rotatable bonds is 5. The molecule has 3 amide bonds. The van der Waals surface area contributed by atoms with Crippen LogP contribution in [0.15, 0.2) is 23.1 Å². The van der Waals surface area contributed by atoms with Gasteiger partial charge in [-0.05, 0) is 29.1 Å². The van der Waals surface area contributed by atoms with E-state index in [0.29, 0.717) is 36.7 Å². The van der Waals surface area contributed by atoms with E-state index >= 15 is 0 Å². The van der Waals surface area contributed by atoms with Gasteiger partial charge in [0.25, 0.3) is 5.91 Å². The van der Waals surface area contributed by atoms with Crippen molar-refractivity contribution in [1.29, 1.82) is 0 Å². The molecule has 11 nitrogen and oxygen atoms in total. The molecule has 0 unspecified atom stereocenters. The topological polar surface area (TPSA) is 131 Å². The molecule has 0 atom stereocenters. The van der Waals surface area contributed by atoms with Crippen molar-refractivity contribution in [3.63, 3.8) is 0 Å². The molecule has 0 bridgehead atoms. The van der Waals surface area contributed by atoms with Crippen molar-refractivity contribution in [3.8, 4) is 0 Å². The lowest BCUT2D eigenvalue weighted by Gasteiger charge is -2.38. The minimum absolute atomic E-state index is 0.0157. The Kier molecular flexibility index (Phi) is 4.65. The summed E-state index contributed by atoms with van der Waals surface area (Å²) >= 11 is 0. The molecule has 1 aliphatic heterocycles. The number of amides is 3. The first kappa shape index (κ1) is 18.8. The van der Waals surface area contributed by atoms with E-state index in [-0.39, 0.29) is 29.6 Å². The Morgan fingerprint density at radius 1 is 1.38 bits per heavy atom. The quantitative estimate of drug-likeness (QED) is 0.653. The molecule has 11 heteroatoms. The van der Waals surface area contributed by atoms with Crippen LogP contribution in [0.2, 0.25) is 0 Å². The molecular formula is C18H22N8O3. The van der Waals surface area contributed by atoms with Crippen LogP contribution < -0.4 is 10.6 Å². The zero-order valence-corrected chi connectivity index (χ0v) is 16.5. The molecule has 1 aliphatic rings. The first-order chi connectivity index (χ1) is 13.8. The second-order valence-electron chi connectivity index (χ2n) is 7.96. The van der Waals surface area contributed by atoms with Gasteiger partial charge < -0.3 is 15.5 Å². The van der Waals surface area contributed by atoms with Crippen molar-refractivity contribution in [3.05, 3.63) is 41.1 Å². The predicted octanol–water partition coefficient (Wildman–Crippen LogP) is 0.902. The lowest BCUT2D eigenvalue weighted by atomic mass is 9.91. The van der Waals surface area contributed by atoms with Gasteiger partial charge in [0.1, 0.15) is 5.69 Å². The Hall–Kier alpha value is -3.50. The Morgan fingerprint density at radius 3 is 2.97 bits per heavy atom. The SMILES string of the molecule is Cc1nonc1C(=O)NCc1cn2ncc(CN3CC(C)(C)CNC3=O)cc2n1. The number of nitrogens with one attached hydrogen (secondary N) is 2. The molecule has 1 saturated heterocycles. The molecule has 0 spiro atoms. The van der Waals surface area contributed by atoms with Crippen molar-refractivity contribution in [2.75, 3.05) is 13.1 Å². The number of carbonyl (C=O) groups excluding carboxylic acids is 2. The third-order valence-corrected chi connectivity index (χ3v) is 4.72. The largest absolute Gasteiger partial charge is 0.345 e. The minimum atomic E-state index is -0.381. The van der Waals surface area contributed by atoms with Gasteiger partial charge in [-0.15, -0.1) is 0 Å². The van der Waals surface area contributed by atoms with Gasteiger partial charge in [0.15, 0.2) is 11.3 Å². The molecule has 0 aliphatic carbocycles. The van der Waals surface area contributed by atoms with Crippen molar-refractivity contribution in [2.45, 2.75) is 33.9 Å². The van der Waals surface area contributed by atoms with Gasteiger partial charge in [0.2, 0.25) is 0 Å². The molecule has 0 radical (unpaired) electrons. The summed E-state index contributed by atoms with van der Waals surface area (Å²) in [4.78, 5) is 30.5. The molecular weight excluding hydrogens is 376 g/mol. The average molecular weight is 398 g/mol. The number of fused-ring (bicyclic) bond motifs is 1. The van der Waals surface area contributed by atoms with E-state index in [1.54, 1.807) is 28.7 Å². The maximum atomic E-state index is 12.1. The normalized spacial score (nSPS) is 16.1. The highest BCUT2D eigenvalue weighted by Gasteiger charge is 2.30. The summed E-state index contributed by atoms with van der Waals surface area (Å²) < 4.78 is 6.17. The fraction of sp³-hybridized carbons (Fsp3) is 0.444. The first-order valence-corrected chi connectivity index (χ1v) is 9.24. The van der Waals surface area contributed by atoms with Crippen LogP contribution in [0.4, 0.5) is 4.79 Å². The van der Waals surface area contributed by atoms with Gasteiger partial charge >= 0.3 is 6.03 Å². The summed E-state index contributed by atoms with van der Waals surface area (Å²) in [6, 6.07) is 1.81. The number of nitrogens with zero attached hydrogens (tertiary/aromatic N) is 6. The second kappa shape index (κ2) is 7.15. The van der Waals surface area contributed by atoms with E-state index in [1.165, 1.54) is 0 Å². The Labute approximate surface area is 166 Å². The molecule has 4 heterocycles. The van der Waals surface area contributed by atoms with E-state index in [0.717, 1.165) is 5.56 Å². The maximum Gasteiger partial charge on any atom is 0.317 e. The Morgan fingerprint density at radius 2 is 2.21 bits per heavy atom. The van der Waals surface area contributed by atoms with E-state index in [2.05, 4.69) is 49.5 Å². The van der Waals surface area contributed by atoms with Gasteiger partial charge in [-0.1, -0.05) is 19.0 Å². The van der Waals surface area contributed by atoms with Crippen LogP contribution in [0.3, 0.4) is 0 Å². The van der Waals surface area contributed by atoms with E-state index in [9.17, 15) is 9.59 Å².